The molecule has 3 N–H and O–H groups in total. The highest BCUT2D eigenvalue weighted by Crippen LogP contribution is 2.11. The lowest BCUT2D eigenvalue weighted by Gasteiger charge is -2.13. The SMILES string of the molecule is CN=C(NCCNC(=O)c1ccc(OC)cc1)NCc1ccc(OC)cc1.I. The van der Waals surface area contributed by atoms with Gasteiger partial charge in [-0.2, -0.15) is 0 Å². The van der Waals surface area contributed by atoms with E-state index in [2.05, 4.69) is 20.9 Å². The standard InChI is InChI=1S/C20H26N4O3.HI/c1-21-20(24-14-15-4-8-17(26-2)9-5-15)23-13-12-22-19(25)16-6-10-18(27-3)11-7-16;/h4-11H,12-14H2,1-3H3,(H,22,25)(H2,21,23,24);1H. The Labute approximate surface area is 182 Å². The number of hydrogen-bond acceptors (Lipinski definition) is 4. The van der Waals surface area contributed by atoms with Crippen molar-refractivity contribution in [2.75, 3.05) is 34.4 Å². The number of hydrogen-bond donors (Lipinski definition) is 3. The van der Waals surface area contributed by atoms with Crippen molar-refractivity contribution in [3.8, 4) is 11.5 Å². The highest BCUT2D eigenvalue weighted by atomic mass is 127. The summed E-state index contributed by atoms with van der Waals surface area (Å²) < 4.78 is 10.2. The summed E-state index contributed by atoms with van der Waals surface area (Å²) >= 11 is 0. The van der Waals surface area contributed by atoms with E-state index in [1.807, 2.05) is 24.3 Å². The molecule has 1 amide bonds. The van der Waals surface area contributed by atoms with Crippen LogP contribution in [0.3, 0.4) is 0 Å². The van der Waals surface area contributed by atoms with E-state index < -0.39 is 0 Å². The van der Waals surface area contributed by atoms with E-state index in [1.54, 1.807) is 45.5 Å². The zero-order valence-electron chi connectivity index (χ0n) is 16.3. The fourth-order valence-corrected chi connectivity index (χ4v) is 2.35. The first kappa shape index (κ1) is 23.5. The second-order valence-corrected chi connectivity index (χ2v) is 5.69. The van der Waals surface area contributed by atoms with Crippen LogP contribution in [0.2, 0.25) is 0 Å². The number of rotatable bonds is 8. The van der Waals surface area contributed by atoms with Crippen LogP contribution >= 0.6 is 24.0 Å². The first-order valence-electron chi connectivity index (χ1n) is 8.66. The van der Waals surface area contributed by atoms with Gasteiger partial charge in [0.15, 0.2) is 5.96 Å². The summed E-state index contributed by atoms with van der Waals surface area (Å²) in [4.78, 5) is 16.3. The van der Waals surface area contributed by atoms with Crippen LogP contribution in [-0.4, -0.2) is 46.2 Å². The smallest absolute Gasteiger partial charge is 0.251 e. The molecule has 0 atom stereocenters. The maximum Gasteiger partial charge on any atom is 0.251 e. The minimum atomic E-state index is -0.124. The van der Waals surface area contributed by atoms with E-state index >= 15 is 0 Å². The monoisotopic (exact) mass is 498 g/mol. The number of ether oxygens (including phenoxy) is 2. The molecule has 0 spiro atoms. The molecule has 8 heteroatoms. The molecule has 0 heterocycles. The highest BCUT2D eigenvalue weighted by Gasteiger charge is 2.05. The number of benzene rings is 2. The van der Waals surface area contributed by atoms with Gasteiger partial charge in [-0.3, -0.25) is 9.79 Å². The normalized spacial score (nSPS) is 10.5. The third-order valence-corrected chi connectivity index (χ3v) is 3.90. The lowest BCUT2D eigenvalue weighted by Crippen LogP contribution is -2.41. The molecule has 28 heavy (non-hydrogen) atoms. The van der Waals surface area contributed by atoms with Gasteiger partial charge in [0.1, 0.15) is 11.5 Å². The Morgan fingerprint density at radius 3 is 1.93 bits per heavy atom. The fourth-order valence-electron chi connectivity index (χ4n) is 2.35. The molecule has 0 saturated heterocycles. The molecule has 7 nitrogen and oxygen atoms in total. The molecular formula is C20H27IN4O3. The topological polar surface area (TPSA) is 84.0 Å². The molecule has 0 saturated carbocycles. The Hall–Kier alpha value is -2.49. The molecule has 0 radical (unpaired) electrons. The first-order chi connectivity index (χ1) is 13.2. The van der Waals surface area contributed by atoms with Gasteiger partial charge in [0.05, 0.1) is 14.2 Å². The molecule has 2 aromatic carbocycles. The van der Waals surface area contributed by atoms with Gasteiger partial charge in [-0.05, 0) is 42.0 Å². The lowest BCUT2D eigenvalue weighted by atomic mass is 10.2. The van der Waals surface area contributed by atoms with Crippen LogP contribution in [0, 0.1) is 0 Å². The molecular weight excluding hydrogens is 471 g/mol. The molecule has 0 aliphatic rings. The Balaban J connectivity index is 0.00000392. The van der Waals surface area contributed by atoms with Crippen molar-refractivity contribution in [1.29, 1.82) is 0 Å². The second kappa shape index (κ2) is 12.8. The van der Waals surface area contributed by atoms with Gasteiger partial charge >= 0.3 is 0 Å². The Morgan fingerprint density at radius 2 is 1.39 bits per heavy atom. The Morgan fingerprint density at radius 1 is 0.857 bits per heavy atom. The maximum absolute atomic E-state index is 12.1. The summed E-state index contributed by atoms with van der Waals surface area (Å²) in [5.74, 6) is 2.10. The molecule has 0 aromatic heterocycles. The predicted octanol–water partition coefficient (Wildman–Crippen LogP) is 2.42. The quantitative estimate of drug-likeness (QED) is 0.226. The molecule has 152 valence electrons. The van der Waals surface area contributed by atoms with Crippen LogP contribution in [0.25, 0.3) is 0 Å². The highest BCUT2D eigenvalue weighted by molar-refractivity contribution is 14.0. The van der Waals surface area contributed by atoms with Crippen LogP contribution in [0.5, 0.6) is 11.5 Å². The summed E-state index contributed by atoms with van der Waals surface area (Å²) in [6, 6.07) is 14.8. The van der Waals surface area contributed by atoms with Gasteiger partial charge in [0.2, 0.25) is 0 Å². The van der Waals surface area contributed by atoms with Crippen molar-refractivity contribution >= 4 is 35.8 Å². The minimum Gasteiger partial charge on any atom is -0.497 e. The van der Waals surface area contributed by atoms with Crippen molar-refractivity contribution < 1.29 is 14.3 Å². The third kappa shape index (κ3) is 7.63. The van der Waals surface area contributed by atoms with Crippen molar-refractivity contribution in [3.05, 3.63) is 59.7 Å². The Bertz CT molecular complexity index is 749. The van der Waals surface area contributed by atoms with Gasteiger partial charge in [0, 0.05) is 32.2 Å². The summed E-state index contributed by atoms with van der Waals surface area (Å²) in [6.07, 6.45) is 0. The molecule has 2 rings (SSSR count). The molecule has 0 fully saturated rings. The summed E-state index contributed by atoms with van der Waals surface area (Å²) in [5.41, 5.74) is 1.71. The number of nitrogens with one attached hydrogen (secondary N) is 3. The van der Waals surface area contributed by atoms with E-state index in [0.717, 1.165) is 17.1 Å². The van der Waals surface area contributed by atoms with Gasteiger partial charge in [-0.1, -0.05) is 12.1 Å². The van der Waals surface area contributed by atoms with Crippen LogP contribution in [0.1, 0.15) is 15.9 Å². The summed E-state index contributed by atoms with van der Waals surface area (Å²) in [6.45, 7) is 1.68. The van der Waals surface area contributed by atoms with Crippen molar-refractivity contribution in [1.82, 2.24) is 16.0 Å². The van der Waals surface area contributed by atoms with Gasteiger partial charge in [-0.15, -0.1) is 24.0 Å². The summed E-state index contributed by atoms with van der Waals surface area (Å²) in [5, 5.41) is 9.26. The average Bonchev–Trinajstić information content (AvgIpc) is 2.73. The molecule has 0 aliphatic carbocycles. The van der Waals surface area contributed by atoms with Gasteiger partial charge in [-0.25, -0.2) is 0 Å². The van der Waals surface area contributed by atoms with Crippen molar-refractivity contribution in [3.63, 3.8) is 0 Å². The average molecular weight is 498 g/mol. The van der Waals surface area contributed by atoms with E-state index in [1.165, 1.54) is 0 Å². The molecule has 0 aliphatic heterocycles. The van der Waals surface area contributed by atoms with E-state index in [9.17, 15) is 4.79 Å². The number of carbonyl (C=O) groups is 1. The van der Waals surface area contributed by atoms with Crippen LogP contribution in [0.4, 0.5) is 0 Å². The second-order valence-electron chi connectivity index (χ2n) is 5.69. The maximum atomic E-state index is 12.1. The molecule has 2 aromatic rings. The Kier molecular flexibility index (Phi) is 10.8. The van der Waals surface area contributed by atoms with Crippen LogP contribution in [0.15, 0.2) is 53.5 Å². The summed E-state index contributed by atoms with van der Waals surface area (Å²) in [7, 11) is 4.95. The van der Waals surface area contributed by atoms with Crippen LogP contribution < -0.4 is 25.4 Å². The predicted molar refractivity (Wildman–Crippen MR) is 122 cm³/mol. The number of amides is 1. The van der Waals surface area contributed by atoms with E-state index in [0.29, 0.717) is 31.2 Å². The first-order valence-corrected chi connectivity index (χ1v) is 8.66. The number of aliphatic imine (C=N–C) groups is 1. The number of nitrogens with zero attached hydrogens (tertiary/aromatic N) is 1. The zero-order valence-corrected chi connectivity index (χ0v) is 18.7. The van der Waals surface area contributed by atoms with Crippen molar-refractivity contribution in [2.24, 2.45) is 4.99 Å². The van der Waals surface area contributed by atoms with Crippen LogP contribution in [-0.2, 0) is 6.54 Å². The van der Waals surface area contributed by atoms with Gasteiger partial charge in [0.25, 0.3) is 5.91 Å². The van der Waals surface area contributed by atoms with E-state index in [-0.39, 0.29) is 29.9 Å². The fraction of sp³-hybridized carbons (Fsp3) is 0.300. The van der Waals surface area contributed by atoms with Gasteiger partial charge < -0.3 is 25.4 Å². The lowest BCUT2D eigenvalue weighted by molar-refractivity contribution is 0.0954. The number of methoxy groups -OCH3 is 2. The molecule has 0 bridgehead atoms. The molecule has 0 unspecified atom stereocenters. The largest absolute Gasteiger partial charge is 0.497 e. The number of guanidine groups is 1. The van der Waals surface area contributed by atoms with Crippen molar-refractivity contribution in [2.45, 2.75) is 6.54 Å². The number of halogens is 1. The van der Waals surface area contributed by atoms with E-state index in [4.69, 9.17) is 9.47 Å². The third-order valence-electron chi connectivity index (χ3n) is 3.90. The minimum absolute atomic E-state index is 0. The zero-order chi connectivity index (χ0) is 19.5. The number of carbonyl (C=O) groups excluding carboxylic acids is 1.